The number of hydrogen-bond acceptors (Lipinski definition) is 4. The number of nitrogens with zero attached hydrogens (tertiary/aromatic N) is 4. The lowest BCUT2D eigenvalue weighted by Crippen LogP contribution is -2.36. The SMILES string of the molecule is Cl.N[C@@H]1CN(C(=O)Cn2nc3ccccn3c2=O)C[C@H]1c1ccccc1. The van der Waals surface area contributed by atoms with E-state index >= 15 is 0 Å². The maximum atomic E-state index is 12.6. The third-order valence-corrected chi connectivity index (χ3v) is 4.72. The molecule has 26 heavy (non-hydrogen) atoms. The summed E-state index contributed by atoms with van der Waals surface area (Å²) in [5, 5.41) is 4.21. The first-order chi connectivity index (χ1) is 12.1. The fraction of sp³-hybridized carbons (Fsp3) is 0.278. The molecule has 0 radical (unpaired) electrons. The molecule has 1 aromatic carbocycles. The van der Waals surface area contributed by atoms with Crippen molar-refractivity contribution in [3.8, 4) is 0 Å². The van der Waals surface area contributed by atoms with Crippen LogP contribution in [-0.4, -0.2) is 44.1 Å². The van der Waals surface area contributed by atoms with Crippen LogP contribution in [0.25, 0.3) is 5.65 Å². The van der Waals surface area contributed by atoms with Crippen LogP contribution in [0.3, 0.4) is 0 Å². The van der Waals surface area contributed by atoms with Gasteiger partial charge >= 0.3 is 5.69 Å². The highest BCUT2D eigenvalue weighted by atomic mass is 35.5. The Morgan fingerprint density at radius 1 is 1.12 bits per heavy atom. The number of halogens is 1. The average Bonchev–Trinajstić information content (AvgIpc) is 3.17. The molecule has 0 unspecified atom stereocenters. The number of amides is 1. The fourth-order valence-electron chi connectivity index (χ4n) is 3.38. The van der Waals surface area contributed by atoms with Crippen molar-refractivity contribution in [1.29, 1.82) is 0 Å². The molecule has 4 rings (SSSR count). The summed E-state index contributed by atoms with van der Waals surface area (Å²) in [7, 11) is 0. The van der Waals surface area contributed by atoms with Crippen LogP contribution < -0.4 is 11.4 Å². The summed E-state index contributed by atoms with van der Waals surface area (Å²) >= 11 is 0. The van der Waals surface area contributed by atoms with Crippen LogP contribution in [0, 0.1) is 0 Å². The highest BCUT2D eigenvalue weighted by Gasteiger charge is 2.34. The molecule has 1 aliphatic heterocycles. The number of carbonyl (C=O) groups excluding carboxylic acids is 1. The van der Waals surface area contributed by atoms with Crippen molar-refractivity contribution in [2.45, 2.75) is 18.5 Å². The van der Waals surface area contributed by atoms with Crippen molar-refractivity contribution >= 4 is 24.0 Å². The van der Waals surface area contributed by atoms with Gasteiger partial charge in [-0.15, -0.1) is 17.5 Å². The average molecular weight is 374 g/mol. The Morgan fingerprint density at radius 2 is 1.85 bits per heavy atom. The Balaban J connectivity index is 0.00000196. The number of carbonyl (C=O) groups is 1. The molecule has 136 valence electrons. The summed E-state index contributed by atoms with van der Waals surface area (Å²) in [6.45, 7) is 0.974. The van der Waals surface area contributed by atoms with Crippen LogP contribution in [0.4, 0.5) is 0 Å². The van der Waals surface area contributed by atoms with Gasteiger partial charge in [0.15, 0.2) is 5.65 Å². The molecular formula is C18H20ClN5O2. The first kappa shape index (κ1) is 18.2. The fourth-order valence-corrected chi connectivity index (χ4v) is 3.38. The molecule has 3 heterocycles. The van der Waals surface area contributed by atoms with Gasteiger partial charge in [0.2, 0.25) is 5.91 Å². The molecule has 2 aromatic heterocycles. The number of rotatable bonds is 3. The second kappa shape index (κ2) is 7.31. The molecule has 7 nitrogen and oxygen atoms in total. The zero-order chi connectivity index (χ0) is 17.4. The number of nitrogens with two attached hydrogens (primary N) is 1. The molecule has 0 bridgehead atoms. The van der Waals surface area contributed by atoms with E-state index in [0.717, 1.165) is 5.56 Å². The Kier molecular flexibility index (Phi) is 5.11. The molecule has 1 saturated heterocycles. The number of aromatic nitrogens is 3. The number of likely N-dealkylation sites (tertiary alicyclic amines) is 1. The quantitative estimate of drug-likeness (QED) is 0.738. The smallest absolute Gasteiger partial charge is 0.339 e. The summed E-state index contributed by atoms with van der Waals surface area (Å²) in [6.07, 6.45) is 1.64. The van der Waals surface area contributed by atoms with Gasteiger partial charge in [-0.2, -0.15) is 0 Å². The number of fused-ring (bicyclic) bond motifs is 1. The van der Waals surface area contributed by atoms with Crippen LogP contribution in [0.5, 0.6) is 0 Å². The van der Waals surface area contributed by atoms with Crippen molar-refractivity contribution in [3.05, 3.63) is 70.8 Å². The van der Waals surface area contributed by atoms with E-state index < -0.39 is 0 Å². The van der Waals surface area contributed by atoms with Gasteiger partial charge in [-0.25, -0.2) is 9.48 Å². The molecule has 2 atom stereocenters. The summed E-state index contributed by atoms with van der Waals surface area (Å²) in [5.41, 5.74) is 7.59. The highest BCUT2D eigenvalue weighted by Crippen LogP contribution is 2.26. The van der Waals surface area contributed by atoms with Crippen LogP contribution in [0.15, 0.2) is 59.5 Å². The minimum absolute atomic E-state index is 0. The van der Waals surface area contributed by atoms with Crippen molar-refractivity contribution in [2.24, 2.45) is 5.73 Å². The number of benzene rings is 1. The van der Waals surface area contributed by atoms with Crippen molar-refractivity contribution in [2.75, 3.05) is 13.1 Å². The monoisotopic (exact) mass is 373 g/mol. The molecule has 0 spiro atoms. The van der Waals surface area contributed by atoms with Crippen LogP contribution in [0.2, 0.25) is 0 Å². The summed E-state index contributed by atoms with van der Waals surface area (Å²) in [5.74, 6) is -0.0256. The highest BCUT2D eigenvalue weighted by molar-refractivity contribution is 5.85. The van der Waals surface area contributed by atoms with E-state index in [-0.39, 0.29) is 42.5 Å². The van der Waals surface area contributed by atoms with Crippen molar-refractivity contribution in [3.63, 3.8) is 0 Å². The maximum absolute atomic E-state index is 12.6. The van der Waals surface area contributed by atoms with E-state index in [2.05, 4.69) is 5.10 Å². The van der Waals surface area contributed by atoms with Gasteiger partial charge in [0.25, 0.3) is 0 Å². The van der Waals surface area contributed by atoms with Gasteiger partial charge in [0.1, 0.15) is 6.54 Å². The van der Waals surface area contributed by atoms with Gasteiger partial charge in [-0.3, -0.25) is 9.20 Å². The lowest BCUT2D eigenvalue weighted by molar-refractivity contribution is -0.131. The Labute approximate surface area is 156 Å². The Morgan fingerprint density at radius 3 is 2.58 bits per heavy atom. The largest absolute Gasteiger partial charge is 0.350 e. The van der Waals surface area contributed by atoms with Gasteiger partial charge < -0.3 is 10.6 Å². The van der Waals surface area contributed by atoms with Gasteiger partial charge in [-0.1, -0.05) is 36.4 Å². The molecule has 3 aromatic rings. The van der Waals surface area contributed by atoms with Crippen molar-refractivity contribution in [1.82, 2.24) is 19.1 Å². The van der Waals surface area contributed by atoms with Crippen molar-refractivity contribution < 1.29 is 4.79 Å². The van der Waals surface area contributed by atoms with Crippen LogP contribution in [-0.2, 0) is 11.3 Å². The zero-order valence-corrected chi connectivity index (χ0v) is 14.9. The summed E-state index contributed by atoms with van der Waals surface area (Å²) in [6, 6.07) is 15.2. The van der Waals surface area contributed by atoms with Gasteiger partial charge in [0, 0.05) is 31.2 Å². The number of pyridine rings is 1. The second-order valence-corrected chi connectivity index (χ2v) is 6.35. The van der Waals surface area contributed by atoms with E-state index in [9.17, 15) is 9.59 Å². The first-order valence-corrected chi connectivity index (χ1v) is 8.26. The predicted octanol–water partition coefficient (Wildman–Crippen LogP) is 0.871. The summed E-state index contributed by atoms with van der Waals surface area (Å²) < 4.78 is 2.63. The maximum Gasteiger partial charge on any atom is 0.350 e. The topological polar surface area (TPSA) is 85.6 Å². The van der Waals surface area contributed by atoms with E-state index in [0.29, 0.717) is 18.7 Å². The van der Waals surface area contributed by atoms with Crippen LogP contribution in [0.1, 0.15) is 11.5 Å². The van der Waals surface area contributed by atoms with E-state index in [1.54, 1.807) is 29.3 Å². The standard InChI is InChI=1S/C18H19N5O2.ClH/c19-15-11-21(10-14(15)13-6-2-1-3-7-13)17(24)12-23-18(25)22-9-5-4-8-16(22)20-23;/h1-9,14-15H,10-12,19H2;1H/t14-,15+;/m0./s1. The third-order valence-electron chi connectivity index (χ3n) is 4.72. The molecule has 1 fully saturated rings. The molecule has 0 saturated carbocycles. The predicted molar refractivity (Wildman–Crippen MR) is 100 cm³/mol. The number of hydrogen-bond donors (Lipinski definition) is 1. The molecule has 2 N–H and O–H groups in total. The minimum atomic E-state index is -0.313. The molecule has 1 aliphatic rings. The minimum Gasteiger partial charge on any atom is -0.339 e. The second-order valence-electron chi connectivity index (χ2n) is 6.35. The van der Waals surface area contributed by atoms with Gasteiger partial charge in [-0.05, 0) is 17.7 Å². The Hall–Kier alpha value is -2.64. The normalized spacial score (nSPS) is 19.5. The first-order valence-electron chi connectivity index (χ1n) is 8.26. The van der Waals surface area contributed by atoms with E-state index in [4.69, 9.17) is 5.73 Å². The van der Waals surface area contributed by atoms with E-state index in [1.807, 2.05) is 30.3 Å². The summed E-state index contributed by atoms with van der Waals surface area (Å²) in [4.78, 5) is 26.6. The lowest BCUT2D eigenvalue weighted by atomic mass is 9.95. The third kappa shape index (κ3) is 3.23. The van der Waals surface area contributed by atoms with Crippen LogP contribution >= 0.6 is 12.4 Å². The zero-order valence-electron chi connectivity index (χ0n) is 14.1. The molecular weight excluding hydrogens is 354 g/mol. The Bertz CT molecular complexity index is 968. The van der Waals surface area contributed by atoms with Gasteiger partial charge in [0.05, 0.1) is 0 Å². The lowest BCUT2D eigenvalue weighted by Gasteiger charge is -2.16. The molecule has 0 aliphatic carbocycles. The van der Waals surface area contributed by atoms with E-state index in [1.165, 1.54) is 9.08 Å². The molecule has 8 heteroatoms. The molecule has 1 amide bonds.